The lowest BCUT2D eigenvalue weighted by molar-refractivity contribution is -0.105. The number of carbonyl (C=O) groups excluding carboxylic acids is 1. The Bertz CT molecular complexity index is 756. The third-order valence-corrected chi connectivity index (χ3v) is 5.15. The molecule has 4 heteroatoms. The van der Waals surface area contributed by atoms with Crippen molar-refractivity contribution in [2.45, 2.75) is 45.7 Å². The maximum atomic E-state index is 12.1. The van der Waals surface area contributed by atoms with Gasteiger partial charge in [0.15, 0.2) is 0 Å². The summed E-state index contributed by atoms with van der Waals surface area (Å²) in [4.78, 5) is 14.3. The molecule has 0 atom stereocenters. The fourth-order valence-corrected chi connectivity index (χ4v) is 3.24. The van der Waals surface area contributed by atoms with Crippen LogP contribution in [0.25, 0.3) is 0 Å². The summed E-state index contributed by atoms with van der Waals surface area (Å²) < 4.78 is 5.23. The lowest BCUT2D eigenvalue weighted by atomic mass is 9.87. The number of nitrogens with two attached hydrogens (primary N) is 1. The first-order valence-corrected chi connectivity index (χ1v) is 10.00. The number of methoxy groups -OCH3 is 1. The molecule has 0 bridgehead atoms. The Morgan fingerprint density at radius 3 is 2.41 bits per heavy atom. The zero-order valence-corrected chi connectivity index (χ0v) is 18.6. The van der Waals surface area contributed by atoms with Gasteiger partial charge < -0.3 is 10.5 Å². The van der Waals surface area contributed by atoms with E-state index in [1.54, 1.807) is 13.2 Å². The van der Waals surface area contributed by atoms with E-state index < -0.39 is 0 Å². The first-order chi connectivity index (χ1) is 13.8. The van der Waals surface area contributed by atoms with Gasteiger partial charge in [-0.1, -0.05) is 43.0 Å². The van der Waals surface area contributed by atoms with Crippen LogP contribution in [0.2, 0.25) is 0 Å². The van der Waals surface area contributed by atoms with E-state index in [1.807, 2.05) is 37.3 Å². The number of hydrogen-bond donors (Lipinski definition) is 1. The zero-order chi connectivity index (χ0) is 21.9. The number of hydrogen-bond acceptors (Lipinski definition) is 4. The summed E-state index contributed by atoms with van der Waals surface area (Å²) in [6, 6.07) is 8.07. The molecule has 0 radical (unpaired) electrons. The van der Waals surface area contributed by atoms with Crippen LogP contribution in [0.4, 0.5) is 0 Å². The SMILES string of the molecule is C=C/C=C(\C=C/C)C(/CCN)=C(\C=O)CC(C)(C)N(C)Cc1ccc(OC)cc1. The van der Waals surface area contributed by atoms with Crippen LogP contribution in [0.3, 0.4) is 0 Å². The first-order valence-electron chi connectivity index (χ1n) is 10.00. The van der Waals surface area contributed by atoms with E-state index >= 15 is 0 Å². The van der Waals surface area contributed by atoms with Gasteiger partial charge in [-0.3, -0.25) is 9.69 Å². The van der Waals surface area contributed by atoms with Crippen molar-refractivity contribution in [1.29, 1.82) is 0 Å². The molecule has 0 spiro atoms. The van der Waals surface area contributed by atoms with Gasteiger partial charge in [0.05, 0.1) is 7.11 Å². The second-order valence-corrected chi connectivity index (χ2v) is 7.71. The van der Waals surface area contributed by atoms with Gasteiger partial charge >= 0.3 is 0 Å². The smallest absolute Gasteiger partial charge is 0.146 e. The van der Waals surface area contributed by atoms with Crippen LogP contribution in [0.5, 0.6) is 5.75 Å². The highest BCUT2D eigenvalue weighted by Gasteiger charge is 2.26. The van der Waals surface area contributed by atoms with E-state index in [-0.39, 0.29) is 5.54 Å². The second kappa shape index (κ2) is 12.2. The van der Waals surface area contributed by atoms with Crippen molar-refractivity contribution < 1.29 is 9.53 Å². The summed E-state index contributed by atoms with van der Waals surface area (Å²) in [5.74, 6) is 0.846. The highest BCUT2D eigenvalue weighted by atomic mass is 16.5. The maximum absolute atomic E-state index is 12.1. The number of carbonyl (C=O) groups is 1. The van der Waals surface area contributed by atoms with Crippen molar-refractivity contribution >= 4 is 6.29 Å². The molecule has 0 aliphatic heterocycles. The number of aldehydes is 1. The average Bonchev–Trinajstić information content (AvgIpc) is 2.71. The summed E-state index contributed by atoms with van der Waals surface area (Å²) in [6.07, 6.45) is 9.91. The Hall–Kier alpha value is -2.43. The van der Waals surface area contributed by atoms with Gasteiger partial charge in [0.2, 0.25) is 0 Å². The Morgan fingerprint density at radius 1 is 1.28 bits per heavy atom. The minimum Gasteiger partial charge on any atom is -0.497 e. The first kappa shape index (κ1) is 24.6. The van der Waals surface area contributed by atoms with E-state index in [0.717, 1.165) is 35.3 Å². The van der Waals surface area contributed by atoms with Crippen LogP contribution >= 0.6 is 0 Å². The standard InChI is InChI=1S/C25H36N2O2/c1-7-9-21(10-8-2)24(15-16-26)22(19-28)17-25(3,4)27(5)18-20-11-13-23(29-6)14-12-20/h7-14,19H,1,15-18,26H2,2-6H3/b10-8-,21-9+,24-22-. The molecule has 1 aromatic carbocycles. The van der Waals surface area contributed by atoms with Gasteiger partial charge in [0.25, 0.3) is 0 Å². The molecular weight excluding hydrogens is 360 g/mol. The van der Waals surface area contributed by atoms with Gasteiger partial charge in [-0.15, -0.1) is 0 Å². The molecule has 0 amide bonds. The van der Waals surface area contributed by atoms with Gasteiger partial charge in [0, 0.05) is 12.1 Å². The molecule has 0 aliphatic carbocycles. The van der Waals surface area contributed by atoms with E-state index in [9.17, 15) is 4.79 Å². The van der Waals surface area contributed by atoms with Crippen LogP contribution in [-0.4, -0.2) is 37.4 Å². The van der Waals surface area contributed by atoms with Crippen LogP contribution in [0.1, 0.15) is 39.2 Å². The molecule has 0 saturated heterocycles. The van der Waals surface area contributed by atoms with Gasteiger partial charge in [0.1, 0.15) is 12.0 Å². The normalized spacial score (nSPS) is 13.6. The minimum atomic E-state index is -0.217. The number of nitrogens with zero attached hydrogens (tertiary/aromatic N) is 1. The highest BCUT2D eigenvalue weighted by Crippen LogP contribution is 2.29. The maximum Gasteiger partial charge on any atom is 0.146 e. The Morgan fingerprint density at radius 2 is 1.93 bits per heavy atom. The van der Waals surface area contributed by atoms with Crippen molar-refractivity contribution in [2.75, 3.05) is 20.7 Å². The van der Waals surface area contributed by atoms with Crippen LogP contribution in [0, 0.1) is 0 Å². The fraction of sp³-hybridized carbons (Fsp3) is 0.400. The molecule has 0 heterocycles. The number of benzene rings is 1. The summed E-state index contributed by atoms with van der Waals surface area (Å²) in [6.45, 7) is 11.3. The summed E-state index contributed by atoms with van der Waals surface area (Å²) in [7, 11) is 3.75. The predicted octanol–water partition coefficient (Wildman–Crippen LogP) is 4.83. The second-order valence-electron chi connectivity index (χ2n) is 7.71. The van der Waals surface area contributed by atoms with E-state index in [0.29, 0.717) is 19.4 Å². The van der Waals surface area contributed by atoms with E-state index in [4.69, 9.17) is 10.5 Å². The molecule has 158 valence electrons. The predicted molar refractivity (Wildman–Crippen MR) is 123 cm³/mol. The van der Waals surface area contributed by atoms with Gasteiger partial charge in [-0.05, 0) is 81.6 Å². The number of rotatable bonds is 12. The quantitative estimate of drug-likeness (QED) is 0.312. The summed E-state index contributed by atoms with van der Waals surface area (Å²) >= 11 is 0. The van der Waals surface area contributed by atoms with Crippen LogP contribution in [-0.2, 0) is 11.3 Å². The monoisotopic (exact) mass is 396 g/mol. The molecule has 1 rings (SSSR count). The van der Waals surface area contributed by atoms with Gasteiger partial charge in [-0.25, -0.2) is 0 Å². The van der Waals surface area contributed by atoms with Crippen molar-refractivity contribution in [1.82, 2.24) is 4.90 Å². The van der Waals surface area contributed by atoms with Crippen molar-refractivity contribution in [3.63, 3.8) is 0 Å². The Labute approximate surface area is 176 Å². The number of allylic oxidation sites excluding steroid dienone is 5. The van der Waals surface area contributed by atoms with Crippen molar-refractivity contribution in [3.8, 4) is 5.75 Å². The Kier molecular flexibility index (Phi) is 10.4. The molecule has 0 fully saturated rings. The molecule has 29 heavy (non-hydrogen) atoms. The molecular formula is C25H36N2O2. The van der Waals surface area contributed by atoms with Crippen LogP contribution in [0.15, 0.2) is 71.9 Å². The highest BCUT2D eigenvalue weighted by molar-refractivity contribution is 5.77. The number of ether oxygens (including phenoxy) is 1. The third kappa shape index (κ3) is 7.48. The van der Waals surface area contributed by atoms with E-state index in [1.165, 1.54) is 5.56 Å². The molecule has 0 saturated carbocycles. The summed E-state index contributed by atoms with van der Waals surface area (Å²) in [5.41, 5.74) is 9.60. The third-order valence-electron chi connectivity index (χ3n) is 5.15. The largest absolute Gasteiger partial charge is 0.497 e. The molecule has 1 aromatic rings. The molecule has 0 aliphatic rings. The van der Waals surface area contributed by atoms with Crippen molar-refractivity contribution in [2.24, 2.45) is 5.73 Å². The summed E-state index contributed by atoms with van der Waals surface area (Å²) in [5, 5.41) is 0. The van der Waals surface area contributed by atoms with E-state index in [2.05, 4.69) is 44.5 Å². The minimum absolute atomic E-state index is 0.217. The average molecular weight is 397 g/mol. The van der Waals surface area contributed by atoms with Gasteiger partial charge in [-0.2, -0.15) is 0 Å². The molecule has 0 aromatic heterocycles. The molecule has 4 nitrogen and oxygen atoms in total. The van der Waals surface area contributed by atoms with Crippen molar-refractivity contribution in [3.05, 3.63) is 77.4 Å². The molecule has 0 unspecified atom stereocenters. The topological polar surface area (TPSA) is 55.6 Å². The lowest BCUT2D eigenvalue weighted by Gasteiger charge is -2.36. The molecule has 2 N–H and O–H groups in total. The van der Waals surface area contributed by atoms with Crippen LogP contribution < -0.4 is 10.5 Å². The Balaban J connectivity index is 3.15. The lowest BCUT2D eigenvalue weighted by Crippen LogP contribution is -2.41. The zero-order valence-electron chi connectivity index (χ0n) is 18.6. The fourth-order valence-electron chi connectivity index (χ4n) is 3.24.